The van der Waals surface area contributed by atoms with Crippen molar-refractivity contribution >= 4 is 17.9 Å². The van der Waals surface area contributed by atoms with E-state index in [1.165, 1.54) is 186 Å². The summed E-state index contributed by atoms with van der Waals surface area (Å²) in [5.41, 5.74) is 0. The van der Waals surface area contributed by atoms with E-state index < -0.39 is 6.10 Å². The van der Waals surface area contributed by atoms with Crippen molar-refractivity contribution < 1.29 is 28.6 Å². The van der Waals surface area contributed by atoms with E-state index in [-0.39, 0.29) is 31.1 Å². The molecule has 0 aromatic carbocycles. The lowest BCUT2D eigenvalue weighted by molar-refractivity contribution is -0.167. The molecule has 0 radical (unpaired) electrons. The number of allylic oxidation sites excluding steroid dienone is 14. The van der Waals surface area contributed by atoms with Crippen LogP contribution >= 0.6 is 0 Å². The molecule has 0 bridgehead atoms. The van der Waals surface area contributed by atoms with Crippen LogP contribution in [0.2, 0.25) is 0 Å². The van der Waals surface area contributed by atoms with Gasteiger partial charge in [0, 0.05) is 19.3 Å². The number of ether oxygens (including phenoxy) is 3. The highest BCUT2D eigenvalue weighted by molar-refractivity contribution is 5.71. The average Bonchev–Trinajstić information content (AvgIpc) is 3.45. The number of hydrogen-bond donors (Lipinski definition) is 0. The maximum atomic E-state index is 12.9. The lowest BCUT2D eigenvalue weighted by Crippen LogP contribution is -2.30. The van der Waals surface area contributed by atoms with Gasteiger partial charge in [-0.1, -0.05) is 311 Å². The molecule has 0 saturated heterocycles. The molecule has 0 aromatic rings. The van der Waals surface area contributed by atoms with E-state index in [9.17, 15) is 14.4 Å². The fraction of sp³-hybridized carbons (Fsp3) is 0.767. The minimum Gasteiger partial charge on any atom is -0.462 e. The van der Waals surface area contributed by atoms with E-state index in [4.69, 9.17) is 14.2 Å². The molecule has 0 aliphatic carbocycles. The maximum absolute atomic E-state index is 12.9. The monoisotopic (exact) mass is 1100 g/mol. The van der Waals surface area contributed by atoms with Crippen LogP contribution in [0.15, 0.2) is 85.1 Å². The highest BCUT2D eigenvalue weighted by Gasteiger charge is 2.19. The minimum absolute atomic E-state index is 0.0813. The number of carbonyl (C=O) groups excluding carboxylic acids is 3. The Morgan fingerprint density at radius 2 is 0.494 bits per heavy atom. The molecule has 0 fully saturated rings. The van der Waals surface area contributed by atoms with Gasteiger partial charge in [0.1, 0.15) is 13.2 Å². The highest BCUT2D eigenvalue weighted by atomic mass is 16.6. The number of esters is 3. The van der Waals surface area contributed by atoms with E-state index >= 15 is 0 Å². The fourth-order valence-corrected chi connectivity index (χ4v) is 9.80. The average molecular weight is 1100 g/mol. The SMILES string of the molecule is CC/C=C\C/C=C\C/C=C\C/C=C\C/C=C\CCCCCCCC(=O)OC(COC(=O)CCCCCCCCCCCCCCC/C=C\C/C=C\CCCCCCC)COC(=O)CCCCCCCCCCCCCCCCC. The Hall–Kier alpha value is -3.41. The van der Waals surface area contributed by atoms with Crippen molar-refractivity contribution in [1.29, 1.82) is 0 Å². The normalized spacial score (nSPS) is 12.6. The maximum Gasteiger partial charge on any atom is 0.306 e. The Balaban J connectivity index is 4.35. The molecule has 6 nitrogen and oxygen atoms in total. The first-order chi connectivity index (χ1) is 39.0. The molecular weight excluding hydrogens is 973 g/mol. The fourth-order valence-electron chi connectivity index (χ4n) is 9.80. The largest absolute Gasteiger partial charge is 0.462 e. The van der Waals surface area contributed by atoms with Gasteiger partial charge in [0.15, 0.2) is 6.10 Å². The van der Waals surface area contributed by atoms with Gasteiger partial charge in [-0.05, 0) is 96.3 Å². The van der Waals surface area contributed by atoms with Crippen LogP contribution in [0.5, 0.6) is 0 Å². The summed E-state index contributed by atoms with van der Waals surface area (Å²) >= 11 is 0. The Bertz CT molecular complexity index is 1500. The van der Waals surface area contributed by atoms with Gasteiger partial charge < -0.3 is 14.2 Å². The molecule has 0 aromatic heterocycles. The van der Waals surface area contributed by atoms with E-state index in [0.29, 0.717) is 19.3 Å². The Morgan fingerprint density at radius 1 is 0.266 bits per heavy atom. The molecule has 0 rings (SSSR count). The van der Waals surface area contributed by atoms with Crippen LogP contribution in [0.3, 0.4) is 0 Å². The summed E-state index contributed by atoms with van der Waals surface area (Å²) in [7, 11) is 0. The van der Waals surface area contributed by atoms with Crippen molar-refractivity contribution in [3.8, 4) is 0 Å². The van der Waals surface area contributed by atoms with E-state index in [1.807, 2.05) is 0 Å². The van der Waals surface area contributed by atoms with Gasteiger partial charge in [-0.15, -0.1) is 0 Å². The molecule has 1 atom stereocenters. The van der Waals surface area contributed by atoms with Gasteiger partial charge in [0.25, 0.3) is 0 Å². The number of unbranched alkanes of at least 4 members (excludes halogenated alkanes) is 37. The van der Waals surface area contributed by atoms with Crippen molar-refractivity contribution in [3.63, 3.8) is 0 Å². The molecule has 0 amide bonds. The first-order valence-electron chi connectivity index (χ1n) is 34.1. The van der Waals surface area contributed by atoms with Crippen LogP contribution in [0.1, 0.15) is 342 Å². The molecule has 0 spiro atoms. The third-order valence-electron chi connectivity index (χ3n) is 14.9. The molecule has 6 heteroatoms. The summed E-state index contributed by atoms with van der Waals surface area (Å²) in [6.45, 7) is 6.55. The third-order valence-corrected chi connectivity index (χ3v) is 14.9. The second-order valence-electron chi connectivity index (χ2n) is 22.7. The minimum atomic E-state index is -0.788. The zero-order valence-corrected chi connectivity index (χ0v) is 52.4. The molecule has 0 aliphatic heterocycles. The molecule has 0 heterocycles. The molecule has 79 heavy (non-hydrogen) atoms. The summed E-state index contributed by atoms with van der Waals surface area (Å²) in [4.78, 5) is 38.4. The van der Waals surface area contributed by atoms with Crippen LogP contribution in [0.4, 0.5) is 0 Å². The van der Waals surface area contributed by atoms with Crippen molar-refractivity contribution in [1.82, 2.24) is 0 Å². The predicted octanol–water partition coefficient (Wildman–Crippen LogP) is 23.4. The molecule has 0 N–H and O–H groups in total. The lowest BCUT2D eigenvalue weighted by Gasteiger charge is -2.18. The van der Waals surface area contributed by atoms with Crippen molar-refractivity contribution in [2.24, 2.45) is 0 Å². The van der Waals surface area contributed by atoms with Gasteiger partial charge in [-0.2, -0.15) is 0 Å². The quantitative estimate of drug-likeness (QED) is 0.0261. The number of carbonyl (C=O) groups is 3. The van der Waals surface area contributed by atoms with E-state index in [2.05, 4.69) is 106 Å². The summed E-state index contributed by atoms with van der Waals surface area (Å²) in [6, 6.07) is 0. The van der Waals surface area contributed by atoms with Crippen molar-refractivity contribution in [3.05, 3.63) is 85.1 Å². The van der Waals surface area contributed by atoms with E-state index in [0.717, 1.165) is 116 Å². The highest BCUT2D eigenvalue weighted by Crippen LogP contribution is 2.17. The zero-order valence-electron chi connectivity index (χ0n) is 52.4. The van der Waals surface area contributed by atoms with E-state index in [1.54, 1.807) is 0 Å². The topological polar surface area (TPSA) is 78.9 Å². The Morgan fingerprint density at radius 3 is 0.772 bits per heavy atom. The summed E-state index contributed by atoms with van der Waals surface area (Å²) in [5.74, 6) is -0.883. The molecular formula is C73H128O6. The second-order valence-corrected chi connectivity index (χ2v) is 22.7. The third kappa shape index (κ3) is 65.3. The van der Waals surface area contributed by atoms with Crippen LogP contribution in [-0.4, -0.2) is 37.2 Å². The van der Waals surface area contributed by atoms with Gasteiger partial charge in [-0.3, -0.25) is 14.4 Å². The Kier molecular flexibility index (Phi) is 64.2. The molecule has 1 unspecified atom stereocenters. The molecule has 0 aliphatic rings. The first-order valence-corrected chi connectivity index (χ1v) is 34.1. The van der Waals surface area contributed by atoms with Crippen LogP contribution < -0.4 is 0 Å². The van der Waals surface area contributed by atoms with Gasteiger partial charge in [0.05, 0.1) is 0 Å². The standard InChI is InChI=1S/C73H128O6/c1-4-7-10-13-16-19-22-25-28-30-32-34-35-36-37-39-40-42-45-48-51-54-57-60-63-66-72(75)78-69-70(68-77-71(74)65-62-59-56-53-50-47-44-27-24-21-18-15-12-9-6-3)79-73(76)67-64-61-58-55-52-49-46-43-41-38-33-31-29-26-23-20-17-14-11-8-5-2/h8,11,17,20,22,25-26,29-30,32-33,38,43,46,70H,4-7,9-10,12-16,18-19,21,23-24,27-28,31,34-37,39-42,44-45,47-69H2,1-3H3/b11-8-,20-17-,25-22-,29-26-,32-30-,38-33-,46-43-. The second kappa shape index (κ2) is 67.1. The van der Waals surface area contributed by atoms with Crippen LogP contribution in [0.25, 0.3) is 0 Å². The Labute approximate surface area is 490 Å². The number of hydrogen-bond acceptors (Lipinski definition) is 6. The van der Waals surface area contributed by atoms with Crippen molar-refractivity contribution in [2.45, 2.75) is 348 Å². The van der Waals surface area contributed by atoms with Gasteiger partial charge in [0.2, 0.25) is 0 Å². The van der Waals surface area contributed by atoms with Crippen LogP contribution in [-0.2, 0) is 28.6 Å². The van der Waals surface area contributed by atoms with Crippen molar-refractivity contribution in [2.75, 3.05) is 13.2 Å². The summed E-state index contributed by atoms with van der Waals surface area (Å²) in [5, 5.41) is 0. The lowest BCUT2D eigenvalue weighted by atomic mass is 10.0. The van der Waals surface area contributed by atoms with Gasteiger partial charge >= 0.3 is 17.9 Å². The smallest absolute Gasteiger partial charge is 0.306 e. The summed E-state index contributed by atoms with van der Waals surface area (Å²) < 4.78 is 17.0. The van der Waals surface area contributed by atoms with Gasteiger partial charge in [-0.25, -0.2) is 0 Å². The zero-order chi connectivity index (χ0) is 57.1. The predicted molar refractivity (Wildman–Crippen MR) is 344 cm³/mol. The number of rotatable bonds is 62. The molecule has 456 valence electrons. The van der Waals surface area contributed by atoms with Crippen LogP contribution in [0, 0.1) is 0 Å². The molecule has 0 saturated carbocycles. The summed E-state index contributed by atoms with van der Waals surface area (Å²) in [6.07, 6.45) is 88.8. The first kappa shape index (κ1) is 75.6.